The average molecular weight is 330 g/mol. The standard InChI is InChI=1S/C22H15FO2/c1-13-11-14(9-10-19(13)23)12-20(24)18-8-4-7-16-15-5-2-3-6-17(15)22(25)21(16)18/h2-11H,12H2,1H3. The second-order valence-electron chi connectivity index (χ2n) is 6.29. The number of Topliss-reactive ketones (excluding diaryl/α,β-unsaturated/α-hetero) is 1. The van der Waals surface area contributed by atoms with Gasteiger partial charge >= 0.3 is 0 Å². The number of hydrogen-bond donors (Lipinski definition) is 0. The van der Waals surface area contributed by atoms with E-state index in [2.05, 4.69) is 0 Å². The van der Waals surface area contributed by atoms with Gasteiger partial charge in [-0.25, -0.2) is 4.39 Å². The number of fused-ring (bicyclic) bond motifs is 3. The number of rotatable bonds is 3. The van der Waals surface area contributed by atoms with Crippen LogP contribution in [-0.4, -0.2) is 11.6 Å². The molecule has 2 nitrogen and oxygen atoms in total. The van der Waals surface area contributed by atoms with Crippen LogP contribution in [0.4, 0.5) is 4.39 Å². The van der Waals surface area contributed by atoms with Gasteiger partial charge in [-0.3, -0.25) is 9.59 Å². The molecule has 3 aromatic rings. The Morgan fingerprint density at radius 1 is 0.920 bits per heavy atom. The summed E-state index contributed by atoms with van der Waals surface area (Å²) < 4.78 is 13.4. The van der Waals surface area contributed by atoms with Crippen molar-refractivity contribution in [2.45, 2.75) is 13.3 Å². The van der Waals surface area contributed by atoms with Crippen molar-refractivity contribution in [1.29, 1.82) is 0 Å². The molecule has 1 aliphatic rings. The molecule has 0 aromatic heterocycles. The monoisotopic (exact) mass is 330 g/mol. The van der Waals surface area contributed by atoms with Crippen molar-refractivity contribution < 1.29 is 14.0 Å². The SMILES string of the molecule is Cc1cc(CC(=O)c2cccc3c2C(=O)c2ccccc2-3)ccc1F. The second kappa shape index (κ2) is 5.78. The maximum absolute atomic E-state index is 13.4. The van der Waals surface area contributed by atoms with E-state index < -0.39 is 0 Å². The molecule has 0 unspecified atom stereocenters. The van der Waals surface area contributed by atoms with Crippen LogP contribution in [0, 0.1) is 12.7 Å². The van der Waals surface area contributed by atoms with Gasteiger partial charge in [0, 0.05) is 23.1 Å². The predicted octanol–water partition coefficient (Wildman–Crippen LogP) is 4.77. The first-order chi connectivity index (χ1) is 12.1. The first-order valence-electron chi connectivity index (χ1n) is 8.11. The Bertz CT molecular complexity index is 1030. The van der Waals surface area contributed by atoms with Crippen molar-refractivity contribution >= 4 is 11.6 Å². The molecule has 1 aliphatic carbocycles. The Balaban J connectivity index is 1.74. The van der Waals surface area contributed by atoms with E-state index in [9.17, 15) is 14.0 Å². The number of carbonyl (C=O) groups excluding carboxylic acids is 2. The minimum atomic E-state index is -0.289. The van der Waals surface area contributed by atoms with Crippen molar-refractivity contribution in [2.75, 3.05) is 0 Å². The number of halogens is 1. The van der Waals surface area contributed by atoms with Crippen LogP contribution in [0.3, 0.4) is 0 Å². The van der Waals surface area contributed by atoms with Gasteiger partial charge < -0.3 is 0 Å². The Labute approximate surface area is 144 Å². The highest BCUT2D eigenvalue weighted by molar-refractivity contribution is 6.26. The first kappa shape index (κ1) is 15.5. The third-order valence-corrected chi connectivity index (χ3v) is 4.64. The van der Waals surface area contributed by atoms with E-state index >= 15 is 0 Å². The predicted molar refractivity (Wildman–Crippen MR) is 94.5 cm³/mol. The van der Waals surface area contributed by atoms with E-state index in [0.29, 0.717) is 22.3 Å². The molecule has 0 atom stereocenters. The molecule has 25 heavy (non-hydrogen) atoms. The quantitative estimate of drug-likeness (QED) is 0.507. The maximum Gasteiger partial charge on any atom is 0.195 e. The highest BCUT2D eigenvalue weighted by Crippen LogP contribution is 2.38. The van der Waals surface area contributed by atoms with E-state index in [0.717, 1.165) is 16.7 Å². The van der Waals surface area contributed by atoms with Crippen LogP contribution < -0.4 is 0 Å². The summed E-state index contributed by atoms with van der Waals surface area (Å²) in [4.78, 5) is 25.6. The molecule has 0 bridgehead atoms. The number of benzene rings is 3. The van der Waals surface area contributed by atoms with Crippen LogP contribution >= 0.6 is 0 Å². The Hall–Kier alpha value is -3.07. The molecule has 0 saturated heterocycles. The van der Waals surface area contributed by atoms with Gasteiger partial charge in [0.15, 0.2) is 11.6 Å². The van der Waals surface area contributed by atoms with Gasteiger partial charge in [-0.2, -0.15) is 0 Å². The van der Waals surface area contributed by atoms with Gasteiger partial charge in [-0.15, -0.1) is 0 Å². The van der Waals surface area contributed by atoms with E-state index in [4.69, 9.17) is 0 Å². The third-order valence-electron chi connectivity index (χ3n) is 4.64. The molecular weight excluding hydrogens is 315 g/mol. The maximum atomic E-state index is 13.4. The first-order valence-corrected chi connectivity index (χ1v) is 8.11. The molecule has 122 valence electrons. The molecule has 0 N–H and O–H groups in total. The molecule has 3 heteroatoms. The lowest BCUT2D eigenvalue weighted by Crippen LogP contribution is -2.10. The molecule has 3 aromatic carbocycles. The lowest BCUT2D eigenvalue weighted by Gasteiger charge is -2.08. The van der Waals surface area contributed by atoms with Gasteiger partial charge in [0.1, 0.15) is 5.82 Å². The topological polar surface area (TPSA) is 34.1 Å². The lowest BCUT2D eigenvalue weighted by atomic mass is 9.94. The fourth-order valence-corrected chi connectivity index (χ4v) is 3.40. The summed E-state index contributed by atoms with van der Waals surface area (Å²) >= 11 is 0. The van der Waals surface area contributed by atoms with Crippen LogP contribution in [0.15, 0.2) is 60.7 Å². The Morgan fingerprint density at radius 3 is 2.40 bits per heavy atom. The second-order valence-corrected chi connectivity index (χ2v) is 6.29. The number of hydrogen-bond acceptors (Lipinski definition) is 2. The number of carbonyl (C=O) groups is 2. The molecule has 0 amide bonds. The largest absolute Gasteiger partial charge is 0.294 e. The summed E-state index contributed by atoms with van der Waals surface area (Å²) in [5, 5.41) is 0. The fraction of sp³-hybridized carbons (Fsp3) is 0.0909. The third kappa shape index (κ3) is 2.49. The van der Waals surface area contributed by atoms with E-state index in [-0.39, 0.29) is 23.8 Å². The molecule has 0 spiro atoms. The zero-order chi connectivity index (χ0) is 17.6. The van der Waals surface area contributed by atoms with Crippen molar-refractivity contribution in [3.63, 3.8) is 0 Å². The van der Waals surface area contributed by atoms with Gasteiger partial charge in [0.25, 0.3) is 0 Å². The number of aryl methyl sites for hydroxylation is 1. The van der Waals surface area contributed by atoms with E-state index in [1.54, 1.807) is 37.3 Å². The zero-order valence-corrected chi connectivity index (χ0v) is 13.7. The van der Waals surface area contributed by atoms with Gasteiger partial charge in [0.2, 0.25) is 0 Å². The summed E-state index contributed by atoms with van der Waals surface area (Å²) in [5.41, 5.74) is 4.47. The minimum Gasteiger partial charge on any atom is -0.294 e. The van der Waals surface area contributed by atoms with E-state index in [1.165, 1.54) is 6.07 Å². The van der Waals surface area contributed by atoms with Crippen LogP contribution in [-0.2, 0) is 6.42 Å². The average Bonchev–Trinajstić information content (AvgIpc) is 2.91. The summed E-state index contributed by atoms with van der Waals surface area (Å²) in [6, 6.07) is 17.4. The number of ketones is 2. The smallest absolute Gasteiger partial charge is 0.195 e. The van der Waals surface area contributed by atoms with Gasteiger partial charge in [0.05, 0.1) is 0 Å². The van der Waals surface area contributed by atoms with Crippen LogP contribution in [0.25, 0.3) is 11.1 Å². The summed E-state index contributed by atoms with van der Waals surface area (Å²) in [6.07, 6.45) is 0.140. The Morgan fingerprint density at radius 2 is 1.64 bits per heavy atom. The molecule has 0 saturated carbocycles. The lowest BCUT2D eigenvalue weighted by molar-refractivity contribution is 0.0977. The summed E-state index contributed by atoms with van der Waals surface area (Å²) in [6.45, 7) is 1.67. The van der Waals surface area contributed by atoms with Crippen LogP contribution in [0.5, 0.6) is 0 Å². The fourth-order valence-electron chi connectivity index (χ4n) is 3.40. The van der Waals surface area contributed by atoms with Crippen LogP contribution in [0.2, 0.25) is 0 Å². The minimum absolute atomic E-state index is 0.107. The molecular formula is C22H15FO2. The van der Waals surface area contributed by atoms with Crippen molar-refractivity contribution in [2.24, 2.45) is 0 Å². The summed E-state index contributed by atoms with van der Waals surface area (Å²) in [5.74, 6) is -0.531. The van der Waals surface area contributed by atoms with E-state index in [1.807, 2.05) is 24.3 Å². The molecule has 0 fully saturated rings. The highest BCUT2D eigenvalue weighted by Gasteiger charge is 2.30. The van der Waals surface area contributed by atoms with Crippen molar-refractivity contribution in [3.8, 4) is 11.1 Å². The highest BCUT2D eigenvalue weighted by atomic mass is 19.1. The summed E-state index contributed by atoms with van der Waals surface area (Å²) in [7, 11) is 0. The molecule has 0 heterocycles. The zero-order valence-electron chi connectivity index (χ0n) is 13.7. The van der Waals surface area contributed by atoms with Crippen LogP contribution in [0.1, 0.15) is 37.4 Å². The van der Waals surface area contributed by atoms with Crippen molar-refractivity contribution in [1.82, 2.24) is 0 Å². The van der Waals surface area contributed by atoms with Crippen molar-refractivity contribution in [3.05, 3.63) is 94.3 Å². The van der Waals surface area contributed by atoms with Gasteiger partial charge in [-0.1, -0.05) is 54.6 Å². The normalized spacial score (nSPS) is 12.0. The molecule has 4 rings (SSSR count). The molecule has 0 radical (unpaired) electrons. The molecule has 0 aliphatic heterocycles. The Kier molecular flexibility index (Phi) is 3.57. The van der Waals surface area contributed by atoms with Gasteiger partial charge in [-0.05, 0) is 35.2 Å².